The summed E-state index contributed by atoms with van der Waals surface area (Å²) in [6, 6.07) is 0.463. The molecular formula is C11H17ClN4. The van der Waals surface area contributed by atoms with E-state index in [0.717, 1.165) is 18.4 Å². The van der Waals surface area contributed by atoms with Gasteiger partial charge in [-0.15, -0.1) is 0 Å². The molecule has 1 heterocycles. The maximum Gasteiger partial charge on any atom is 0.224 e. The number of nitrogens with zero attached hydrogens (tertiary/aromatic N) is 2. The minimum Gasteiger partial charge on any atom is -0.350 e. The molecule has 1 aliphatic rings. The van der Waals surface area contributed by atoms with Crippen molar-refractivity contribution >= 4 is 17.5 Å². The van der Waals surface area contributed by atoms with Gasteiger partial charge in [-0.1, -0.05) is 24.4 Å². The van der Waals surface area contributed by atoms with Crippen molar-refractivity contribution in [3.8, 4) is 0 Å². The molecule has 4 nitrogen and oxygen atoms in total. The Hall–Kier alpha value is -0.870. The third-order valence-corrected chi connectivity index (χ3v) is 3.43. The molecule has 0 radical (unpaired) electrons. The van der Waals surface area contributed by atoms with E-state index in [0.29, 0.717) is 11.1 Å². The lowest BCUT2D eigenvalue weighted by Gasteiger charge is -2.29. The first-order chi connectivity index (χ1) is 7.66. The third-order valence-electron chi connectivity index (χ3n) is 3.04. The molecule has 1 aliphatic carbocycles. The molecule has 1 saturated carbocycles. The van der Waals surface area contributed by atoms with Gasteiger partial charge in [0, 0.05) is 23.8 Å². The molecule has 0 unspecified atom stereocenters. The minimum absolute atomic E-state index is 0.192. The number of halogens is 1. The highest BCUT2D eigenvalue weighted by Crippen LogP contribution is 2.20. The number of nitrogens with two attached hydrogens (primary N) is 1. The quantitative estimate of drug-likeness (QED) is 0.778. The molecule has 16 heavy (non-hydrogen) atoms. The second-order valence-electron chi connectivity index (χ2n) is 4.37. The van der Waals surface area contributed by atoms with Gasteiger partial charge in [0.2, 0.25) is 5.95 Å². The van der Waals surface area contributed by atoms with Crippen molar-refractivity contribution in [3.05, 3.63) is 16.9 Å². The smallest absolute Gasteiger partial charge is 0.224 e. The summed E-state index contributed by atoms with van der Waals surface area (Å²) in [6.07, 6.45) is 6.30. The molecule has 1 aromatic heterocycles. The van der Waals surface area contributed by atoms with Crippen LogP contribution in [-0.2, 0) is 0 Å². The summed E-state index contributed by atoms with van der Waals surface area (Å²) in [6.45, 7) is 1.89. The molecule has 0 spiro atoms. The Kier molecular flexibility index (Phi) is 3.61. The standard InChI is InChI=1S/C11H17ClN4/c1-7-6-14-11(16-10(7)12)15-9-5-3-2-4-8(9)13/h6,8-9H,2-5,13H2,1H3,(H,14,15,16)/t8-,9-/m1/s1. The fourth-order valence-electron chi connectivity index (χ4n) is 2.00. The Labute approximate surface area is 101 Å². The van der Waals surface area contributed by atoms with Crippen LogP contribution in [0, 0.1) is 6.92 Å². The van der Waals surface area contributed by atoms with E-state index in [2.05, 4.69) is 15.3 Å². The molecule has 0 saturated heterocycles. The monoisotopic (exact) mass is 240 g/mol. The van der Waals surface area contributed by atoms with Crippen molar-refractivity contribution in [1.82, 2.24) is 9.97 Å². The summed E-state index contributed by atoms with van der Waals surface area (Å²) >= 11 is 5.95. The van der Waals surface area contributed by atoms with Crippen LogP contribution >= 0.6 is 11.6 Å². The molecule has 3 N–H and O–H groups in total. The van der Waals surface area contributed by atoms with Crippen molar-refractivity contribution < 1.29 is 0 Å². The van der Waals surface area contributed by atoms with Crippen LogP contribution in [0.2, 0.25) is 5.15 Å². The lowest BCUT2D eigenvalue weighted by Crippen LogP contribution is -2.42. The molecule has 0 aromatic carbocycles. The molecule has 0 aliphatic heterocycles. The van der Waals surface area contributed by atoms with Crippen molar-refractivity contribution in [2.45, 2.75) is 44.7 Å². The van der Waals surface area contributed by atoms with Crippen LogP contribution in [0.15, 0.2) is 6.20 Å². The van der Waals surface area contributed by atoms with Gasteiger partial charge in [-0.2, -0.15) is 0 Å². The van der Waals surface area contributed by atoms with E-state index in [1.54, 1.807) is 6.20 Å². The number of aryl methyl sites for hydroxylation is 1. The second kappa shape index (κ2) is 4.97. The van der Waals surface area contributed by atoms with Gasteiger partial charge in [-0.05, 0) is 19.8 Å². The van der Waals surface area contributed by atoms with Crippen LogP contribution in [-0.4, -0.2) is 22.1 Å². The predicted molar refractivity (Wildman–Crippen MR) is 65.6 cm³/mol. The van der Waals surface area contributed by atoms with Crippen LogP contribution in [0.25, 0.3) is 0 Å². The van der Waals surface area contributed by atoms with Crippen molar-refractivity contribution in [2.75, 3.05) is 5.32 Å². The largest absolute Gasteiger partial charge is 0.350 e. The Bertz CT molecular complexity index is 369. The molecule has 2 atom stereocenters. The van der Waals surface area contributed by atoms with E-state index in [9.17, 15) is 0 Å². The fraction of sp³-hybridized carbons (Fsp3) is 0.636. The summed E-state index contributed by atoms with van der Waals surface area (Å²) < 4.78 is 0. The summed E-state index contributed by atoms with van der Waals surface area (Å²) in [4.78, 5) is 8.39. The summed E-state index contributed by atoms with van der Waals surface area (Å²) in [5.74, 6) is 0.581. The van der Waals surface area contributed by atoms with Crippen LogP contribution in [0.1, 0.15) is 31.2 Å². The zero-order chi connectivity index (χ0) is 11.5. The molecule has 2 rings (SSSR count). The van der Waals surface area contributed by atoms with E-state index in [1.807, 2.05) is 6.92 Å². The van der Waals surface area contributed by atoms with Gasteiger partial charge in [0.05, 0.1) is 0 Å². The lowest BCUT2D eigenvalue weighted by atomic mass is 9.91. The first-order valence-corrected chi connectivity index (χ1v) is 6.06. The zero-order valence-electron chi connectivity index (χ0n) is 9.41. The van der Waals surface area contributed by atoms with E-state index < -0.39 is 0 Å². The van der Waals surface area contributed by atoms with Gasteiger partial charge in [-0.25, -0.2) is 9.97 Å². The van der Waals surface area contributed by atoms with Crippen LogP contribution in [0.5, 0.6) is 0 Å². The van der Waals surface area contributed by atoms with Crippen molar-refractivity contribution in [3.63, 3.8) is 0 Å². The Balaban J connectivity index is 2.05. The average molecular weight is 241 g/mol. The topological polar surface area (TPSA) is 63.8 Å². The highest BCUT2D eigenvalue weighted by Gasteiger charge is 2.22. The van der Waals surface area contributed by atoms with Crippen LogP contribution in [0.3, 0.4) is 0 Å². The highest BCUT2D eigenvalue weighted by atomic mass is 35.5. The molecule has 1 aromatic rings. The molecule has 0 bridgehead atoms. The van der Waals surface area contributed by atoms with Crippen LogP contribution in [0.4, 0.5) is 5.95 Å². The summed E-state index contributed by atoms with van der Waals surface area (Å²) in [7, 11) is 0. The third kappa shape index (κ3) is 2.62. The molecule has 88 valence electrons. The van der Waals surface area contributed by atoms with Crippen LogP contribution < -0.4 is 11.1 Å². The van der Waals surface area contributed by atoms with E-state index in [1.165, 1.54) is 12.8 Å². The van der Waals surface area contributed by atoms with Gasteiger partial charge in [0.1, 0.15) is 5.15 Å². The zero-order valence-corrected chi connectivity index (χ0v) is 10.2. The van der Waals surface area contributed by atoms with Gasteiger partial charge in [0.15, 0.2) is 0 Å². The first-order valence-electron chi connectivity index (χ1n) is 5.68. The van der Waals surface area contributed by atoms with Crippen molar-refractivity contribution in [1.29, 1.82) is 0 Å². The Morgan fingerprint density at radius 2 is 2.19 bits per heavy atom. The first kappa shape index (κ1) is 11.6. The number of anilines is 1. The minimum atomic E-state index is 0.192. The number of hydrogen-bond acceptors (Lipinski definition) is 4. The SMILES string of the molecule is Cc1cnc(N[C@@H]2CCCC[C@H]2N)nc1Cl. The maximum absolute atomic E-state index is 6.04. The fourth-order valence-corrected chi connectivity index (χ4v) is 2.12. The Morgan fingerprint density at radius 3 is 2.88 bits per heavy atom. The summed E-state index contributed by atoms with van der Waals surface area (Å²) in [5, 5.41) is 3.77. The molecule has 0 amide bonds. The number of rotatable bonds is 2. The number of hydrogen-bond donors (Lipinski definition) is 2. The predicted octanol–water partition coefficient (Wildman–Crippen LogP) is 2.12. The highest BCUT2D eigenvalue weighted by molar-refractivity contribution is 6.30. The molecule has 1 fully saturated rings. The van der Waals surface area contributed by atoms with Gasteiger partial charge >= 0.3 is 0 Å². The van der Waals surface area contributed by atoms with Crippen molar-refractivity contribution in [2.24, 2.45) is 5.73 Å². The number of nitrogens with one attached hydrogen (secondary N) is 1. The normalized spacial score (nSPS) is 25.4. The summed E-state index contributed by atoms with van der Waals surface area (Å²) in [5.41, 5.74) is 6.93. The van der Waals surface area contributed by atoms with Gasteiger partial charge in [-0.3, -0.25) is 0 Å². The lowest BCUT2D eigenvalue weighted by molar-refractivity contribution is 0.402. The van der Waals surface area contributed by atoms with Gasteiger partial charge in [0.25, 0.3) is 0 Å². The number of aromatic nitrogens is 2. The average Bonchev–Trinajstić information content (AvgIpc) is 2.27. The van der Waals surface area contributed by atoms with Gasteiger partial charge < -0.3 is 11.1 Å². The Morgan fingerprint density at radius 1 is 1.44 bits per heavy atom. The van der Waals surface area contributed by atoms with E-state index in [4.69, 9.17) is 17.3 Å². The van der Waals surface area contributed by atoms with E-state index >= 15 is 0 Å². The molecule has 5 heteroatoms. The second-order valence-corrected chi connectivity index (χ2v) is 4.72. The molecular weight excluding hydrogens is 224 g/mol. The van der Waals surface area contributed by atoms with E-state index in [-0.39, 0.29) is 12.1 Å². The maximum atomic E-state index is 6.04.